The van der Waals surface area contributed by atoms with Crippen LogP contribution in [0.25, 0.3) is 17.5 Å². The number of H-pyrrole nitrogens is 1. The number of rotatable bonds is 9. The van der Waals surface area contributed by atoms with Crippen LogP contribution in [0.5, 0.6) is 0 Å². The molecule has 0 spiro atoms. The van der Waals surface area contributed by atoms with E-state index < -0.39 is 40.5 Å². The molecule has 0 aliphatic carbocycles. The molecular formula is C30H34F7N7O2. The molecule has 9 nitrogen and oxygen atoms in total. The number of nitrogens with two attached hydrogens (primary N) is 1. The SMILES string of the molecule is CCCCCN(C)/C=C\c1cc(-c2ncc(C(F)(F)F)c(N3C(C)CC3C)n2)c(F)cc1C=O.Nc1cn[nH]c(=O)c1C(F)(F)F. The second-order valence-electron chi connectivity index (χ2n) is 10.9. The Balaban J connectivity index is 0.000000402. The standard InChI is InChI=1S/C25H30F4N4O.C5H4F3N3O/c1-5-6-7-9-32(4)10-8-18-12-20(22(26)13-19(18)15-34)23-30-14-21(25(27,28)29)24(31-23)33-16(2)11-17(33)3;6-5(7,8)3-2(9)1-10-11-4(3)12/h8,10,12-17H,5-7,9,11H2,1-4H3;1H,(H3,9,11,12)/b10-8-;. The van der Waals surface area contributed by atoms with Crippen molar-refractivity contribution in [1.29, 1.82) is 0 Å². The number of nitrogens with one attached hydrogen (secondary N) is 1. The maximum atomic E-state index is 14.9. The van der Waals surface area contributed by atoms with Gasteiger partial charge in [0, 0.05) is 37.4 Å². The van der Waals surface area contributed by atoms with Gasteiger partial charge in [0.2, 0.25) is 0 Å². The van der Waals surface area contributed by atoms with Crippen molar-refractivity contribution in [2.45, 2.75) is 70.9 Å². The minimum absolute atomic E-state index is 0.0605. The van der Waals surface area contributed by atoms with Gasteiger partial charge in [0.25, 0.3) is 5.56 Å². The van der Waals surface area contributed by atoms with Crippen LogP contribution in [-0.4, -0.2) is 57.0 Å². The Hall–Kier alpha value is -4.50. The Bertz CT molecular complexity index is 1600. The normalized spacial score (nSPS) is 16.5. The first kappa shape index (κ1) is 36.0. The van der Waals surface area contributed by atoms with Gasteiger partial charge in [-0.05, 0) is 56.7 Å². The molecule has 2 atom stereocenters. The minimum atomic E-state index is -4.74. The van der Waals surface area contributed by atoms with Crippen LogP contribution in [0.4, 0.5) is 42.2 Å². The number of nitrogens with zero attached hydrogens (tertiary/aromatic N) is 5. The number of carbonyl (C=O) groups is 1. The van der Waals surface area contributed by atoms with Gasteiger partial charge >= 0.3 is 12.4 Å². The van der Waals surface area contributed by atoms with Crippen LogP contribution in [0, 0.1) is 5.82 Å². The molecule has 0 saturated carbocycles. The number of unbranched alkanes of at least 4 members (excludes halogenated alkanes) is 2. The number of nitrogen functional groups attached to an aromatic ring is 1. The van der Waals surface area contributed by atoms with Gasteiger partial charge in [0.05, 0.1) is 17.4 Å². The average molecular weight is 658 g/mol. The maximum Gasteiger partial charge on any atom is 0.423 e. The summed E-state index contributed by atoms with van der Waals surface area (Å²) in [6.45, 7) is 6.58. The van der Waals surface area contributed by atoms with Crippen molar-refractivity contribution in [2.24, 2.45) is 0 Å². The first-order chi connectivity index (χ1) is 21.5. The smallest absolute Gasteiger partial charge is 0.397 e. The summed E-state index contributed by atoms with van der Waals surface area (Å²) >= 11 is 0. The maximum absolute atomic E-state index is 14.9. The molecule has 46 heavy (non-hydrogen) atoms. The van der Waals surface area contributed by atoms with Gasteiger partial charge in [0.15, 0.2) is 12.1 Å². The van der Waals surface area contributed by atoms with Gasteiger partial charge in [-0.3, -0.25) is 9.59 Å². The van der Waals surface area contributed by atoms with E-state index in [1.54, 1.807) is 22.3 Å². The molecule has 1 aliphatic heterocycles. The number of halogens is 7. The van der Waals surface area contributed by atoms with Gasteiger partial charge in [0.1, 0.15) is 22.8 Å². The van der Waals surface area contributed by atoms with Crippen molar-refractivity contribution >= 4 is 23.9 Å². The van der Waals surface area contributed by atoms with Crippen LogP contribution in [0.3, 0.4) is 0 Å². The van der Waals surface area contributed by atoms with E-state index in [-0.39, 0.29) is 34.9 Å². The molecule has 1 saturated heterocycles. The number of carbonyl (C=O) groups excluding carboxylic acids is 1. The molecule has 0 amide bonds. The fourth-order valence-electron chi connectivity index (χ4n) is 4.95. The van der Waals surface area contributed by atoms with Crippen LogP contribution < -0.4 is 16.2 Å². The van der Waals surface area contributed by atoms with Crippen LogP contribution >= 0.6 is 0 Å². The van der Waals surface area contributed by atoms with Gasteiger partial charge < -0.3 is 15.5 Å². The molecule has 2 aromatic heterocycles. The summed E-state index contributed by atoms with van der Waals surface area (Å²) < 4.78 is 91.8. The highest BCUT2D eigenvalue weighted by Crippen LogP contribution is 2.41. The van der Waals surface area contributed by atoms with Crippen LogP contribution in [-0.2, 0) is 12.4 Å². The predicted molar refractivity (Wildman–Crippen MR) is 159 cm³/mol. The molecule has 4 rings (SSSR count). The molecule has 2 unspecified atom stereocenters. The molecule has 1 aliphatic rings. The van der Waals surface area contributed by atoms with Crippen LogP contribution in [0.1, 0.15) is 73.5 Å². The number of aromatic nitrogens is 4. The van der Waals surface area contributed by atoms with Gasteiger partial charge in [-0.2, -0.15) is 31.4 Å². The molecule has 3 N–H and O–H groups in total. The van der Waals surface area contributed by atoms with E-state index in [1.165, 1.54) is 6.07 Å². The number of aldehydes is 1. The van der Waals surface area contributed by atoms with Crippen molar-refractivity contribution in [3.05, 3.63) is 69.2 Å². The summed E-state index contributed by atoms with van der Waals surface area (Å²) in [5.41, 5.74) is 1.05. The molecule has 16 heteroatoms. The predicted octanol–water partition coefficient (Wildman–Crippen LogP) is 6.56. The van der Waals surface area contributed by atoms with Gasteiger partial charge in [-0.1, -0.05) is 19.8 Å². The van der Waals surface area contributed by atoms with Crippen molar-refractivity contribution in [1.82, 2.24) is 25.1 Å². The number of benzene rings is 1. The third-order valence-electron chi connectivity index (χ3n) is 7.28. The highest BCUT2D eigenvalue weighted by Gasteiger charge is 2.42. The van der Waals surface area contributed by atoms with Crippen molar-refractivity contribution in [2.75, 3.05) is 24.2 Å². The van der Waals surface area contributed by atoms with E-state index in [9.17, 15) is 40.3 Å². The monoisotopic (exact) mass is 657 g/mol. The molecule has 1 aromatic carbocycles. The number of hydrogen-bond acceptors (Lipinski definition) is 8. The van der Waals surface area contributed by atoms with Crippen LogP contribution in [0.2, 0.25) is 0 Å². The van der Waals surface area contributed by atoms with E-state index in [0.29, 0.717) is 18.0 Å². The molecule has 3 aromatic rings. The summed E-state index contributed by atoms with van der Waals surface area (Å²) in [7, 11) is 1.90. The Morgan fingerprint density at radius 2 is 1.74 bits per heavy atom. The lowest BCUT2D eigenvalue weighted by atomic mass is 9.95. The van der Waals surface area contributed by atoms with E-state index in [2.05, 4.69) is 22.0 Å². The third kappa shape index (κ3) is 8.60. The van der Waals surface area contributed by atoms with Gasteiger partial charge in [-0.25, -0.2) is 19.5 Å². The molecule has 0 radical (unpaired) electrons. The van der Waals surface area contributed by atoms with Crippen LogP contribution in [0.15, 0.2) is 35.5 Å². The first-order valence-corrected chi connectivity index (χ1v) is 14.3. The molecule has 250 valence electrons. The second-order valence-corrected chi connectivity index (χ2v) is 10.9. The quantitative estimate of drug-likeness (QED) is 0.151. The number of anilines is 2. The highest BCUT2D eigenvalue weighted by atomic mass is 19.4. The third-order valence-corrected chi connectivity index (χ3v) is 7.28. The minimum Gasteiger partial charge on any atom is -0.397 e. The Kier molecular flexibility index (Phi) is 11.5. The number of alkyl halides is 6. The largest absolute Gasteiger partial charge is 0.423 e. The molecule has 1 fully saturated rings. The van der Waals surface area contributed by atoms with E-state index in [4.69, 9.17) is 5.73 Å². The summed E-state index contributed by atoms with van der Waals surface area (Å²) in [4.78, 5) is 33.7. The molecule has 0 bridgehead atoms. The van der Waals surface area contributed by atoms with Crippen molar-refractivity contribution < 1.29 is 35.5 Å². The van der Waals surface area contributed by atoms with Crippen molar-refractivity contribution in [3.63, 3.8) is 0 Å². The number of aromatic amines is 1. The van der Waals surface area contributed by atoms with E-state index >= 15 is 0 Å². The topological polar surface area (TPSA) is 121 Å². The summed E-state index contributed by atoms with van der Waals surface area (Å²) in [5.74, 6) is -1.18. The van der Waals surface area contributed by atoms with Crippen molar-refractivity contribution in [3.8, 4) is 11.4 Å². The summed E-state index contributed by atoms with van der Waals surface area (Å²) in [6, 6.07) is 2.23. The Labute approximate surface area is 260 Å². The lowest BCUT2D eigenvalue weighted by molar-refractivity contribution is -0.138. The fourth-order valence-corrected chi connectivity index (χ4v) is 4.95. The zero-order valence-corrected chi connectivity index (χ0v) is 25.5. The zero-order valence-electron chi connectivity index (χ0n) is 25.5. The zero-order chi connectivity index (χ0) is 34.4. The number of hydrogen-bond donors (Lipinski definition) is 2. The summed E-state index contributed by atoms with van der Waals surface area (Å²) in [6.07, 6.45) is 0.0429. The summed E-state index contributed by atoms with van der Waals surface area (Å²) in [5, 5.41) is 4.74. The lowest BCUT2D eigenvalue weighted by Gasteiger charge is -2.47. The first-order valence-electron chi connectivity index (χ1n) is 14.3. The van der Waals surface area contributed by atoms with E-state index in [0.717, 1.165) is 44.5 Å². The molecular weight excluding hydrogens is 623 g/mol. The second kappa shape index (κ2) is 14.7. The highest BCUT2D eigenvalue weighted by molar-refractivity contribution is 5.84. The lowest BCUT2D eigenvalue weighted by Crippen LogP contribution is -2.54. The Morgan fingerprint density at radius 1 is 1.07 bits per heavy atom. The molecule has 3 heterocycles. The average Bonchev–Trinajstić information content (AvgIpc) is 2.95. The fraction of sp³-hybridized carbons (Fsp3) is 0.433. The van der Waals surface area contributed by atoms with E-state index in [1.807, 2.05) is 25.8 Å². The Morgan fingerprint density at radius 3 is 2.26 bits per heavy atom. The van der Waals surface area contributed by atoms with Gasteiger partial charge in [-0.15, -0.1) is 0 Å².